The van der Waals surface area contributed by atoms with Crippen LogP contribution in [0.5, 0.6) is 17.4 Å². The summed E-state index contributed by atoms with van der Waals surface area (Å²) in [6.45, 7) is 8.83. The number of nitrogens with one attached hydrogen (secondary N) is 1. The Labute approximate surface area is 164 Å². The van der Waals surface area contributed by atoms with Crippen LogP contribution in [0.1, 0.15) is 32.8 Å². The highest BCUT2D eigenvalue weighted by molar-refractivity contribution is 9.10. The van der Waals surface area contributed by atoms with Gasteiger partial charge >= 0.3 is 0 Å². The van der Waals surface area contributed by atoms with Crippen molar-refractivity contribution in [1.82, 2.24) is 10.3 Å². The van der Waals surface area contributed by atoms with Crippen LogP contribution >= 0.6 is 15.9 Å². The average Bonchev–Trinajstić information content (AvgIpc) is 2.62. The number of nitrogens with zero attached hydrogens (tertiary/aromatic N) is 1. The first-order valence-corrected chi connectivity index (χ1v) is 9.76. The molecule has 6 heteroatoms. The Hall–Kier alpha value is -1.79. The highest BCUT2D eigenvalue weighted by atomic mass is 79.9. The highest BCUT2D eigenvalue weighted by Gasteiger charge is 2.13. The van der Waals surface area contributed by atoms with Gasteiger partial charge in [-0.1, -0.05) is 6.07 Å². The Bertz CT molecular complexity index is 666. The number of hydrogen-bond acceptors (Lipinski definition) is 5. The summed E-state index contributed by atoms with van der Waals surface area (Å²) in [4.78, 5) is 4.14. The second-order valence-electron chi connectivity index (χ2n) is 6.05. The lowest BCUT2D eigenvalue weighted by molar-refractivity contribution is 0.222. The average molecular weight is 423 g/mol. The normalized spacial score (nSPS) is 10.8. The van der Waals surface area contributed by atoms with Crippen molar-refractivity contribution in [2.45, 2.75) is 39.8 Å². The SMILES string of the molecule is CCOc1cc(CNCCCOc2ccccn2)cc(Br)c1OC(C)C. The number of benzene rings is 1. The van der Waals surface area contributed by atoms with Crippen molar-refractivity contribution < 1.29 is 14.2 Å². The number of rotatable bonds is 11. The minimum atomic E-state index is 0.0913. The third-order valence-electron chi connectivity index (χ3n) is 3.44. The van der Waals surface area contributed by atoms with Crippen LogP contribution in [-0.2, 0) is 6.54 Å². The molecule has 1 heterocycles. The Kier molecular flexibility index (Phi) is 8.71. The summed E-state index contributed by atoms with van der Waals surface area (Å²) in [7, 11) is 0. The zero-order valence-corrected chi connectivity index (χ0v) is 17.2. The van der Waals surface area contributed by atoms with Crippen molar-refractivity contribution in [2.24, 2.45) is 0 Å². The summed E-state index contributed by atoms with van der Waals surface area (Å²) >= 11 is 3.60. The van der Waals surface area contributed by atoms with Crippen LogP contribution < -0.4 is 19.5 Å². The fourth-order valence-electron chi connectivity index (χ4n) is 2.38. The van der Waals surface area contributed by atoms with Gasteiger partial charge in [-0.15, -0.1) is 0 Å². The van der Waals surface area contributed by atoms with Crippen molar-refractivity contribution in [3.8, 4) is 17.4 Å². The van der Waals surface area contributed by atoms with Gasteiger partial charge in [0.2, 0.25) is 5.88 Å². The molecular weight excluding hydrogens is 396 g/mol. The molecule has 0 spiro atoms. The number of pyridine rings is 1. The lowest BCUT2D eigenvalue weighted by atomic mass is 10.2. The third-order valence-corrected chi connectivity index (χ3v) is 4.03. The zero-order chi connectivity index (χ0) is 18.8. The molecule has 26 heavy (non-hydrogen) atoms. The zero-order valence-electron chi connectivity index (χ0n) is 15.6. The summed E-state index contributed by atoms with van der Waals surface area (Å²) in [6.07, 6.45) is 2.73. The van der Waals surface area contributed by atoms with E-state index < -0.39 is 0 Å². The van der Waals surface area contributed by atoms with Gasteiger partial charge < -0.3 is 19.5 Å². The van der Waals surface area contributed by atoms with E-state index in [1.807, 2.05) is 45.0 Å². The van der Waals surface area contributed by atoms with E-state index in [9.17, 15) is 0 Å². The van der Waals surface area contributed by atoms with Crippen molar-refractivity contribution in [3.63, 3.8) is 0 Å². The highest BCUT2D eigenvalue weighted by Crippen LogP contribution is 2.37. The van der Waals surface area contributed by atoms with Gasteiger partial charge in [-0.25, -0.2) is 4.98 Å². The smallest absolute Gasteiger partial charge is 0.213 e. The maximum atomic E-state index is 5.87. The molecule has 0 bridgehead atoms. The molecule has 2 aromatic rings. The fraction of sp³-hybridized carbons (Fsp3) is 0.450. The van der Waals surface area contributed by atoms with Crippen LogP contribution in [0.25, 0.3) is 0 Å². The summed E-state index contributed by atoms with van der Waals surface area (Å²) < 4.78 is 18.1. The van der Waals surface area contributed by atoms with E-state index in [2.05, 4.69) is 32.3 Å². The van der Waals surface area contributed by atoms with E-state index in [1.54, 1.807) is 6.20 Å². The maximum absolute atomic E-state index is 5.87. The topological polar surface area (TPSA) is 52.6 Å². The largest absolute Gasteiger partial charge is 0.490 e. The molecular formula is C20H27BrN2O3. The second-order valence-corrected chi connectivity index (χ2v) is 6.91. The van der Waals surface area contributed by atoms with Crippen LogP contribution in [0.15, 0.2) is 41.0 Å². The standard InChI is InChI=1S/C20H27BrN2O3/c1-4-24-18-13-16(12-17(21)20(18)26-15(2)3)14-22-9-7-11-25-19-8-5-6-10-23-19/h5-6,8,10,12-13,15,22H,4,7,9,11,14H2,1-3H3. The van der Waals surface area contributed by atoms with Gasteiger partial charge in [-0.2, -0.15) is 0 Å². The van der Waals surface area contributed by atoms with Crippen molar-refractivity contribution >= 4 is 15.9 Å². The molecule has 1 N–H and O–H groups in total. The van der Waals surface area contributed by atoms with Gasteiger partial charge in [0.1, 0.15) is 0 Å². The molecule has 5 nitrogen and oxygen atoms in total. The summed E-state index contributed by atoms with van der Waals surface area (Å²) in [5.74, 6) is 2.19. The van der Waals surface area contributed by atoms with Crippen molar-refractivity contribution in [1.29, 1.82) is 0 Å². The van der Waals surface area contributed by atoms with Crippen LogP contribution in [0.4, 0.5) is 0 Å². The molecule has 0 radical (unpaired) electrons. The molecule has 2 rings (SSSR count). The van der Waals surface area contributed by atoms with Gasteiger partial charge in [0.25, 0.3) is 0 Å². The Morgan fingerprint density at radius 3 is 2.73 bits per heavy atom. The van der Waals surface area contributed by atoms with Gasteiger partial charge in [0.15, 0.2) is 11.5 Å². The minimum Gasteiger partial charge on any atom is -0.490 e. The maximum Gasteiger partial charge on any atom is 0.213 e. The van der Waals surface area contributed by atoms with Gasteiger partial charge in [-0.05, 0) is 73.4 Å². The number of halogens is 1. The van der Waals surface area contributed by atoms with E-state index in [1.165, 1.54) is 0 Å². The molecule has 0 aliphatic heterocycles. The molecule has 142 valence electrons. The van der Waals surface area contributed by atoms with E-state index >= 15 is 0 Å². The predicted octanol–water partition coefficient (Wildman–Crippen LogP) is 4.59. The molecule has 1 aromatic carbocycles. The van der Waals surface area contributed by atoms with E-state index in [0.29, 0.717) is 19.1 Å². The molecule has 0 fully saturated rings. The Morgan fingerprint density at radius 2 is 2.04 bits per heavy atom. The summed E-state index contributed by atoms with van der Waals surface area (Å²) in [6, 6.07) is 9.75. The Morgan fingerprint density at radius 1 is 1.19 bits per heavy atom. The van der Waals surface area contributed by atoms with Gasteiger partial charge in [0, 0.05) is 18.8 Å². The van der Waals surface area contributed by atoms with Crippen molar-refractivity contribution in [3.05, 3.63) is 46.6 Å². The quantitative estimate of drug-likeness (QED) is 0.536. The first-order chi connectivity index (χ1) is 12.6. The monoisotopic (exact) mass is 422 g/mol. The van der Waals surface area contributed by atoms with E-state index in [4.69, 9.17) is 14.2 Å². The molecule has 0 aliphatic carbocycles. The molecule has 0 aliphatic rings. The van der Waals surface area contributed by atoms with Crippen molar-refractivity contribution in [2.75, 3.05) is 19.8 Å². The third kappa shape index (κ3) is 6.84. The predicted molar refractivity (Wildman–Crippen MR) is 107 cm³/mol. The lowest BCUT2D eigenvalue weighted by Crippen LogP contribution is -2.17. The number of aromatic nitrogens is 1. The van der Waals surface area contributed by atoms with Crippen LogP contribution in [0.2, 0.25) is 0 Å². The number of ether oxygens (including phenoxy) is 3. The molecule has 1 aromatic heterocycles. The van der Waals surface area contributed by atoms with Crippen LogP contribution in [-0.4, -0.2) is 30.8 Å². The molecule has 0 atom stereocenters. The first kappa shape index (κ1) is 20.5. The van der Waals surface area contributed by atoms with Gasteiger partial charge in [0.05, 0.1) is 23.8 Å². The first-order valence-electron chi connectivity index (χ1n) is 8.96. The summed E-state index contributed by atoms with van der Waals surface area (Å²) in [5.41, 5.74) is 1.14. The van der Waals surface area contributed by atoms with E-state index in [0.717, 1.165) is 41.0 Å². The molecule has 0 amide bonds. The van der Waals surface area contributed by atoms with E-state index in [-0.39, 0.29) is 6.10 Å². The van der Waals surface area contributed by atoms with Crippen LogP contribution in [0, 0.1) is 0 Å². The fourth-order valence-corrected chi connectivity index (χ4v) is 2.96. The molecule has 0 saturated heterocycles. The number of hydrogen-bond donors (Lipinski definition) is 1. The van der Waals surface area contributed by atoms with Gasteiger partial charge in [-0.3, -0.25) is 0 Å². The Balaban J connectivity index is 1.81. The minimum absolute atomic E-state index is 0.0913. The summed E-state index contributed by atoms with van der Waals surface area (Å²) in [5, 5.41) is 3.43. The van der Waals surface area contributed by atoms with Crippen LogP contribution in [0.3, 0.4) is 0 Å². The second kappa shape index (κ2) is 11.0. The lowest BCUT2D eigenvalue weighted by Gasteiger charge is -2.17. The molecule has 0 unspecified atom stereocenters. The molecule has 0 saturated carbocycles.